The summed E-state index contributed by atoms with van der Waals surface area (Å²) in [6.07, 6.45) is 0. The van der Waals surface area contributed by atoms with E-state index in [9.17, 15) is 19.2 Å². The first-order valence-electron chi connectivity index (χ1n) is 8.93. The van der Waals surface area contributed by atoms with Gasteiger partial charge in [-0.1, -0.05) is 18.2 Å². The molecule has 1 aliphatic rings. The number of hydrogen-bond donors (Lipinski definition) is 0. The van der Waals surface area contributed by atoms with E-state index in [4.69, 9.17) is 4.74 Å². The van der Waals surface area contributed by atoms with Crippen LogP contribution < -0.4 is 9.64 Å². The average Bonchev–Trinajstić information content (AvgIpc) is 2.91. The van der Waals surface area contributed by atoms with Gasteiger partial charge in [-0.15, -0.1) is 0 Å². The maximum atomic E-state index is 13.1. The van der Waals surface area contributed by atoms with Crippen molar-refractivity contribution in [2.45, 2.75) is 26.3 Å². The Morgan fingerprint density at radius 3 is 2.00 bits per heavy atom. The maximum Gasteiger partial charge on any atom is 0.358 e. The second-order valence-corrected chi connectivity index (χ2v) is 7.39. The summed E-state index contributed by atoms with van der Waals surface area (Å²) in [6, 6.07) is 13.5. The second-order valence-electron chi connectivity index (χ2n) is 7.39. The number of urea groups is 1. The molecule has 0 unspecified atom stereocenters. The van der Waals surface area contributed by atoms with Gasteiger partial charge in [0.15, 0.2) is 0 Å². The fourth-order valence-corrected chi connectivity index (χ4v) is 2.99. The number of amides is 5. The number of anilines is 1. The van der Waals surface area contributed by atoms with Gasteiger partial charge in [0.25, 0.3) is 5.91 Å². The highest BCUT2D eigenvalue weighted by Gasteiger charge is 2.52. The van der Waals surface area contributed by atoms with Crippen LogP contribution >= 0.6 is 0 Å². The van der Waals surface area contributed by atoms with E-state index in [1.165, 1.54) is 19.2 Å². The minimum Gasteiger partial charge on any atom is -0.497 e. The van der Waals surface area contributed by atoms with Gasteiger partial charge >= 0.3 is 17.8 Å². The zero-order valence-electron chi connectivity index (χ0n) is 16.6. The van der Waals surface area contributed by atoms with Crippen molar-refractivity contribution < 1.29 is 23.9 Å². The molecule has 29 heavy (non-hydrogen) atoms. The standard InChI is InChI=1S/C21H21N3O5/c1-21(2,3)24(17(25)14-8-6-5-7-9-14)23-19(27)18(26)22(20(23)28)15-10-12-16(29-4)13-11-15/h5-13H,1-4H3. The first-order chi connectivity index (χ1) is 13.7. The summed E-state index contributed by atoms with van der Waals surface area (Å²) in [6.45, 7) is 5.03. The van der Waals surface area contributed by atoms with Crippen molar-refractivity contribution in [2.75, 3.05) is 12.0 Å². The van der Waals surface area contributed by atoms with Gasteiger partial charge < -0.3 is 4.74 Å². The molecule has 1 saturated heterocycles. The molecule has 0 atom stereocenters. The SMILES string of the molecule is COc1ccc(N2C(=O)C(=O)N(N(C(=O)c3ccccc3)C(C)(C)C)C2=O)cc1. The fourth-order valence-electron chi connectivity index (χ4n) is 2.99. The molecule has 0 N–H and O–H groups in total. The Hall–Kier alpha value is -3.68. The lowest BCUT2D eigenvalue weighted by Gasteiger charge is -2.39. The molecule has 150 valence electrons. The van der Waals surface area contributed by atoms with E-state index in [2.05, 4.69) is 0 Å². The first kappa shape index (κ1) is 20.1. The summed E-state index contributed by atoms with van der Waals surface area (Å²) >= 11 is 0. The molecule has 0 bridgehead atoms. The summed E-state index contributed by atoms with van der Waals surface area (Å²) < 4.78 is 5.07. The molecular formula is C21H21N3O5. The zero-order valence-corrected chi connectivity index (χ0v) is 16.6. The van der Waals surface area contributed by atoms with Gasteiger partial charge in [-0.3, -0.25) is 14.4 Å². The van der Waals surface area contributed by atoms with Crippen LogP contribution in [0.15, 0.2) is 54.6 Å². The van der Waals surface area contributed by atoms with Gasteiger partial charge in [0.2, 0.25) is 0 Å². The molecule has 8 heteroatoms. The number of hydrogen-bond acceptors (Lipinski definition) is 5. The molecule has 0 aromatic heterocycles. The van der Waals surface area contributed by atoms with Crippen LogP contribution in [0.25, 0.3) is 0 Å². The Balaban J connectivity index is 2.02. The highest BCUT2D eigenvalue weighted by Crippen LogP contribution is 2.29. The monoisotopic (exact) mass is 395 g/mol. The van der Waals surface area contributed by atoms with Gasteiger partial charge in [-0.05, 0) is 57.2 Å². The van der Waals surface area contributed by atoms with E-state index in [1.54, 1.807) is 63.2 Å². The third-order valence-corrected chi connectivity index (χ3v) is 4.33. The third kappa shape index (κ3) is 3.56. The zero-order chi connectivity index (χ0) is 21.3. The lowest BCUT2D eigenvalue weighted by Crippen LogP contribution is -2.58. The number of hydrazine groups is 1. The highest BCUT2D eigenvalue weighted by molar-refractivity contribution is 6.52. The van der Waals surface area contributed by atoms with E-state index in [1.807, 2.05) is 0 Å². The summed E-state index contributed by atoms with van der Waals surface area (Å²) in [7, 11) is 1.49. The van der Waals surface area contributed by atoms with Crippen molar-refractivity contribution in [2.24, 2.45) is 0 Å². The first-order valence-corrected chi connectivity index (χ1v) is 8.93. The second kappa shape index (κ2) is 7.38. The summed E-state index contributed by atoms with van der Waals surface area (Å²) in [5, 5.41) is 1.64. The summed E-state index contributed by atoms with van der Waals surface area (Å²) in [5.41, 5.74) is -0.454. The van der Waals surface area contributed by atoms with E-state index in [0.717, 1.165) is 9.91 Å². The molecule has 0 saturated carbocycles. The number of benzene rings is 2. The van der Waals surface area contributed by atoms with Gasteiger partial charge in [-0.25, -0.2) is 14.7 Å². The predicted molar refractivity (Wildman–Crippen MR) is 105 cm³/mol. The number of carbonyl (C=O) groups is 4. The molecule has 0 spiro atoms. The van der Waals surface area contributed by atoms with E-state index in [0.29, 0.717) is 16.3 Å². The van der Waals surface area contributed by atoms with Crippen molar-refractivity contribution in [3.8, 4) is 5.75 Å². The van der Waals surface area contributed by atoms with Crippen LogP contribution in [0.3, 0.4) is 0 Å². The Labute approximate surface area is 168 Å². The van der Waals surface area contributed by atoms with Gasteiger partial charge in [0.05, 0.1) is 18.3 Å². The molecular weight excluding hydrogens is 374 g/mol. The molecule has 1 heterocycles. The molecule has 0 aliphatic carbocycles. The van der Waals surface area contributed by atoms with Crippen LogP contribution in [-0.2, 0) is 9.59 Å². The molecule has 2 aromatic rings. The molecule has 1 fully saturated rings. The van der Waals surface area contributed by atoms with Gasteiger partial charge in [0, 0.05) is 5.56 Å². The molecule has 2 aromatic carbocycles. The smallest absolute Gasteiger partial charge is 0.358 e. The van der Waals surface area contributed by atoms with Crippen molar-refractivity contribution in [1.29, 1.82) is 0 Å². The number of nitrogens with zero attached hydrogens (tertiary/aromatic N) is 3. The van der Waals surface area contributed by atoms with E-state index >= 15 is 0 Å². The average molecular weight is 395 g/mol. The number of methoxy groups -OCH3 is 1. The Morgan fingerprint density at radius 1 is 0.897 bits per heavy atom. The minimum atomic E-state index is -1.09. The molecule has 3 rings (SSSR count). The van der Waals surface area contributed by atoms with E-state index < -0.39 is 29.3 Å². The molecule has 1 aliphatic heterocycles. The largest absolute Gasteiger partial charge is 0.497 e. The van der Waals surface area contributed by atoms with Crippen LogP contribution in [0.1, 0.15) is 31.1 Å². The number of ether oxygens (including phenoxy) is 1. The van der Waals surface area contributed by atoms with Crippen LogP contribution in [0.2, 0.25) is 0 Å². The van der Waals surface area contributed by atoms with Crippen LogP contribution in [-0.4, -0.2) is 46.4 Å². The van der Waals surface area contributed by atoms with Crippen molar-refractivity contribution in [1.82, 2.24) is 10.0 Å². The number of rotatable bonds is 4. The van der Waals surface area contributed by atoms with Crippen molar-refractivity contribution in [3.63, 3.8) is 0 Å². The van der Waals surface area contributed by atoms with Crippen LogP contribution in [0, 0.1) is 0 Å². The Kier molecular flexibility index (Phi) is 5.11. The molecule has 5 amide bonds. The quantitative estimate of drug-likeness (QED) is 0.587. The fraction of sp³-hybridized carbons (Fsp3) is 0.238. The van der Waals surface area contributed by atoms with Crippen LogP contribution in [0.4, 0.5) is 10.5 Å². The Morgan fingerprint density at radius 2 is 1.48 bits per heavy atom. The normalized spacial score (nSPS) is 14.4. The third-order valence-electron chi connectivity index (χ3n) is 4.33. The predicted octanol–water partition coefficient (Wildman–Crippen LogP) is 2.85. The molecule has 8 nitrogen and oxygen atoms in total. The van der Waals surface area contributed by atoms with Crippen molar-refractivity contribution in [3.05, 3.63) is 60.2 Å². The van der Waals surface area contributed by atoms with Crippen molar-refractivity contribution >= 4 is 29.4 Å². The molecule has 0 radical (unpaired) electrons. The van der Waals surface area contributed by atoms with E-state index in [-0.39, 0.29) is 5.69 Å². The van der Waals surface area contributed by atoms with Gasteiger partial charge in [-0.2, -0.15) is 5.01 Å². The lowest BCUT2D eigenvalue weighted by molar-refractivity contribution is -0.148. The lowest BCUT2D eigenvalue weighted by atomic mass is 10.1. The maximum absolute atomic E-state index is 13.1. The number of carbonyl (C=O) groups excluding carboxylic acids is 4. The van der Waals surface area contributed by atoms with Crippen LogP contribution in [0.5, 0.6) is 5.75 Å². The topological polar surface area (TPSA) is 87.2 Å². The van der Waals surface area contributed by atoms with Gasteiger partial charge in [0.1, 0.15) is 5.75 Å². The highest BCUT2D eigenvalue weighted by atomic mass is 16.5. The Bertz CT molecular complexity index is 964. The number of imide groups is 2. The summed E-state index contributed by atoms with van der Waals surface area (Å²) in [4.78, 5) is 52.3. The summed E-state index contributed by atoms with van der Waals surface area (Å²) in [5.74, 6) is -2.16. The minimum absolute atomic E-state index is 0.206.